The number of fused-ring (bicyclic) bond motifs is 1. The summed E-state index contributed by atoms with van der Waals surface area (Å²) in [7, 11) is 0. The number of aromatic nitrogens is 3. The van der Waals surface area contributed by atoms with Gasteiger partial charge in [-0.05, 0) is 42.7 Å². The molecule has 4 nitrogen and oxygen atoms in total. The van der Waals surface area contributed by atoms with Gasteiger partial charge in [-0.15, -0.1) is 0 Å². The third kappa shape index (κ3) is 2.85. The van der Waals surface area contributed by atoms with Gasteiger partial charge in [-0.2, -0.15) is 5.10 Å². The Morgan fingerprint density at radius 3 is 2.78 bits per heavy atom. The van der Waals surface area contributed by atoms with E-state index in [1.54, 1.807) is 10.8 Å². The molecule has 1 aromatic carbocycles. The monoisotopic (exact) mass is 323 g/mol. The molecule has 0 saturated carbocycles. The van der Waals surface area contributed by atoms with E-state index in [1.165, 1.54) is 0 Å². The molecule has 0 fully saturated rings. The van der Waals surface area contributed by atoms with Crippen molar-refractivity contribution in [1.29, 1.82) is 0 Å². The van der Waals surface area contributed by atoms with Crippen molar-refractivity contribution in [2.24, 2.45) is 0 Å². The molecule has 4 rings (SSSR count). The van der Waals surface area contributed by atoms with Crippen molar-refractivity contribution in [3.05, 3.63) is 77.3 Å². The van der Waals surface area contributed by atoms with Gasteiger partial charge in [0, 0.05) is 23.0 Å². The predicted molar refractivity (Wildman–Crippen MR) is 89.5 cm³/mol. The van der Waals surface area contributed by atoms with Crippen molar-refractivity contribution < 1.29 is 4.42 Å². The van der Waals surface area contributed by atoms with Gasteiger partial charge in [-0.1, -0.05) is 29.8 Å². The number of hydrogen-bond acceptors (Lipinski definition) is 3. The molecule has 3 aromatic heterocycles. The molecule has 5 heteroatoms. The Bertz CT molecular complexity index is 944. The number of benzene rings is 1. The van der Waals surface area contributed by atoms with E-state index < -0.39 is 0 Å². The van der Waals surface area contributed by atoms with Crippen LogP contribution in [-0.4, -0.2) is 14.6 Å². The first-order valence-electron chi connectivity index (χ1n) is 7.42. The summed E-state index contributed by atoms with van der Waals surface area (Å²) in [6.07, 6.45) is 5.27. The van der Waals surface area contributed by atoms with E-state index in [1.807, 2.05) is 48.7 Å². The summed E-state index contributed by atoms with van der Waals surface area (Å²) in [6.45, 7) is 0. The van der Waals surface area contributed by atoms with Crippen LogP contribution in [0.1, 0.15) is 11.3 Å². The van der Waals surface area contributed by atoms with Crippen LogP contribution in [0.2, 0.25) is 5.02 Å². The number of halogens is 1. The first-order valence-corrected chi connectivity index (χ1v) is 7.80. The Kier molecular flexibility index (Phi) is 3.60. The lowest BCUT2D eigenvalue weighted by molar-refractivity contribution is 0.579. The number of aryl methyl sites for hydroxylation is 2. The zero-order valence-electron chi connectivity index (χ0n) is 12.3. The molecule has 4 aromatic rings. The quantitative estimate of drug-likeness (QED) is 0.558. The molecule has 0 radical (unpaired) electrons. The third-order valence-electron chi connectivity index (χ3n) is 3.76. The minimum atomic E-state index is 0.744. The van der Waals surface area contributed by atoms with Crippen LogP contribution in [0.25, 0.3) is 17.1 Å². The topological polar surface area (TPSA) is 43.3 Å². The Hall–Kier alpha value is -2.59. The Balaban J connectivity index is 1.58. The van der Waals surface area contributed by atoms with E-state index in [0.29, 0.717) is 0 Å². The van der Waals surface area contributed by atoms with Gasteiger partial charge in [0.25, 0.3) is 0 Å². The Labute approximate surface area is 138 Å². The number of rotatable bonds is 4. The molecule has 0 saturated heterocycles. The maximum Gasteiger partial charge on any atom is 0.155 e. The standard InChI is InChI=1S/C18H14ClN3O/c19-15-5-2-1-4-13(15)7-8-14-9-10-22-18(20-14)12-16(21-22)17-6-3-11-23-17/h1-6,9-12H,7-8H2. The smallest absolute Gasteiger partial charge is 0.155 e. The van der Waals surface area contributed by atoms with Crippen LogP contribution >= 0.6 is 11.6 Å². The largest absolute Gasteiger partial charge is 0.463 e. The number of furan rings is 1. The van der Waals surface area contributed by atoms with Crippen LogP contribution in [0.4, 0.5) is 0 Å². The molecule has 3 heterocycles. The van der Waals surface area contributed by atoms with E-state index in [0.717, 1.165) is 46.2 Å². The fourth-order valence-electron chi connectivity index (χ4n) is 2.57. The van der Waals surface area contributed by atoms with Crippen molar-refractivity contribution in [1.82, 2.24) is 14.6 Å². The molecule has 0 bridgehead atoms. The summed E-state index contributed by atoms with van der Waals surface area (Å²) in [5.74, 6) is 0.744. The minimum Gasteiger partial charge on any atom is -0.463 e. The zero-order chi connectivity index (χ0) is 15.6. The minimum absolute atomic E-state index is 0.744. The van der Waals surface area contributed by atoms with Crippen molar-refractivity contribution >= 4 is 17.2 Å². The predicted octanol–water partition coefficient (Wildman–Crippen LogP) is 4.43. The van der Waals surface area contributed by atoms with Crippen LogP contribution in [-0.2, 0) is 12.8 Å². The number of hydrogen-bond donors (Lipinski definition) is 0. The highest BCUT2D eigenvalue weighted by Crippen LogP contribution is 2.20. The summed E-state index contributed by atoms with van der Waals surface area (Å²) < 4.78 is 7.14. The highest BCUT2D eigenvalue weighted by atomic mass is 35.5. The summed E-state index contributed by atoms with van der Waals surface area (Å²) in [5, 5.41) is 5.27. The van der Waals surface area contributed by atoms with Gasteiger partial charge in [0.05, 0.1) is 6.26 Å². The average Bonchev–Trinajstić information content (AvgIpc) is 3.22. The van der Waals surface area contributed by atoms with Gasteiger partial charge in [0.15, 0.2) is 11.4 Å². The molecule has 0 atom stereocenters. The molecular weight excluding hydrogens is 310 g/mol. The lowest BCUT2D eigenvalue weighted by atomic mass is 10.1. The molecule has 0 aliphatic carbocycles. The Morgan fingerprint density at radius 1 is 1.04 bits per heavy atom. The molecule has 0 amide bonds. The van der Waals surface area contributed by atoms with Gasteiger partial charge in [0.1, 0.15) is 5.69 Å². The second-order valence-electron chi connectivity index (χ2n) is 5.32. The molecule has 114 valence electrons. The van der Waals surface area contributed by atoms with Crippen LogP contribution in [0.15, 0.2) is 65.4 Å². The van der Waals surface area contributed by atoms with Gasteiger partial charge in [-0.25, -0.2) is 9.50 Å². The lowest BCUT2D eigenvalue weighted by Gasteiger charge is -2.04. The summed E-state index contributed by atoms with van der Waals surface area (Å²) in [6, 6.07) is 15.6. The van der Waals surface area contributed by atoms with Crippen molar-refractivity contribution in [2.45, 2.75) is 12.8 Å². The van der Waals surface area contributed by atoms with Gasteiger partial charge in [0.2, 0.25) is 0 Å². The van der Waals surface area contributed by atoms with Crippen molar-refractivity contribution in [3.63, 3.8) is 0 Å². The Morgan fingerprint density at radius 2 is 1.96 bits per heavy atom. The second kappa shape index (κ2) is 5.89. The zero-order valence-corrected chi connectivity index (χ0v) is 13.1. The third-order valence-corrected chi connectivity index (χ3v) is 4.13. The lowest BCUT2D eigenvalue weighted by Crippen LogP contribution is -1.98. The summed E-state index contributed by atoms with van der Waals surface area (Å²) in [4.78, 5) is 4.67. The van der Waals surface area contributed by atoms with Gasteiger partial charge in [-0.3, -0.25) is 0 Å². The highest BCUT2D eigenvalue weighted by Gasteiger charge is 2.08. The fourth-order valence-corrected chi connectivity index (χ4v) is 2.80. The SMILES string of the molecule is Clc1ccccc1CCc1ccn2nc(-c3ccco3)cc2n1. The van der Waals surface area contributed by atoms with Crippen LogP contribution < -0.4 is 0 Å². The van der Waals surface area contributed by atoms with Crippen molar-refractivity contribution in [3.8, 4) is 11.5 Å². The maximum atomic E-state index is 6.20. The molecule has 23 heavy (non-hydrogen) atoms. The van der Waals surface area contributed by atoms with E-state index in [-0.39, 0.29) is 0 Å². The molecular formula is C18H14ClN3O. The van der Waals surface area contributed by atoms with Crippen LogP contribution in [0, 0.1) is 0 Å². The molecule has 0 spiro atoms. The van der Waals surface area contributed by atoms with Crippen LogP contribution in [0.5, 0.6) is 0 Å². The average molecular weight is 324 g/mol. The van der Waals surface area contributed by atoms with Gasteiger partial charge >= 0.3 is 0 Å². The van der Waals surface area contributed by atoms with Crippen LogP contribution in [0.3, 0.4) is 0 Å². The molecule has 0 unspecified atom stereocenters. The summed E-state index contributed by atoms with van der Waals surface area (Å²) >= 11 is 6.20. The van der Waals surface area contributed by atoms with E-state index in [2.05, 4.69) is 16.1 Å². The van der Waals surface area contributed by atoms with E-state index in [4.69, 9.17) is 16.0 Å². The second-order valence-corrected chi connectivity index (χ2v) is 5.73. The first kappa shape index (κ1) is 14.0. The van der Waals surface area contributed by atoms with E-state index in [9.17, 15) is 0 Å². The number of nitrogens with zero attached hydrogens (tertiary/aromatic N) is 3. The summed E-state index contributed by atoms with van der Waals surface area (Å²) in [5.41, 5.74) is 3.75. The molecule has 0 aliphatic heterocycles. The molecule has 0 aliphatic rings. The highest BCUT2D eigenvalue weighted by molar-refractivity contribution is 6.31. The van der Waals surface area contributed by atoms with Crippen molar-refractivity contribution in [2.75, 3.05) is 0 Å². The molecule has 0 N–H and O–H groups in total. The first-order chi connectivity index (χ1) is 11.3. The maximum absolute atomic E-state index is 6.20. The van der Waals surface area contributed by atoms with E-state index >= 15 is 0 Å². The van der Waals surface area contributed by atoms with Gasteiger partial charge < -0.3 is 4.42 Å². The fraction of sp³-hybridized carbons (Fsp3) is 0.111. The normalized spacial score (nSPS) is 11.2.